The molecule has 0 radical (unpaired) electrons. The minimum atomic E-state index is -0.166. The summed E-state index contributed by atoms with van der Waals surface area (Å²) in [5.74, 6) is -0.166. The van der Waals surface area contributed by atoms with Crippen molar-refractivity contribution in [1.29, 1.82) is 0 Å². The summed E-state index contributed by atoms with van der Waals surface area (Å²) in [5.41, 5.74) is 8.72. The Kier molecular flexibility index (Phi) is 5.21. The van der Waals surface area contributed by atoms with Gasteiger partial charge in [0.2, 0.25) is 0 Å². The topological polar surface area (TPSA) is 17.3 Å². The van der Waals surface area contributed by atoms with Crippen LogP contribution >= 0.6 is 0 Å². The molecule has 0 bridgehead atoms. The molecule has 2 aromatic heterocycles. The van der Waals surface area contributed by atoms with Crippen LogP contribution in [0.15, 0.2) is 54.7 Å². The normalized spacial score (nSPS) is 11.8. The van der Waals surface area contributed by atoms with Gasteiger partial charge in [-0.15, -0.1) is 0 Å². The van der Waals surface area contributed by atoms with E-state index in [1.165, 1.54) is 41.5 Å². The van der Waals surface area contributed by atoms with E-state index < -0.39 is 0 Å². The molecule has 0 aliphatic carbocycles. The van der Waals surface area contributed by atoms with E-state index in [2.05, 4.69) is 61.6 Å². The van der Waals surface area contributed by atoms with Crippen LogP contribution in [-0.4, -0.2) is 9.38 Å². The summed E-state index contributed by atoms with van der Waals surface area (Å²) in [4.78, 5) is 4.85. The van der Waals surface area contributed by atoms with Crippen molar-refractivity contribution in [2.24, 2.45) is 0 Å². The van der Waals surface area contributed by atoms with E-state index in [0.717, 1.165) is 39.4 Å². The zero-order valence-corrected chi connectivity index (χ0v) is 19.3. The van der Waals surface area contributed by atoms with Gasteiger partial charge in [0.1, 0.15) is 11.5 Å². The van der Waals surface area contributed by atoms with Crippen LogP contribution in [0, 0.1) is 26.6 Å². The fourth-order valence-electron chi connectivity index (χ4n) is 5.11. The van der Waals surface area contributed by atoms with Crippen LogP contribution in [0.25, 0.3) is 38.6 Å². The third kappa shape index (κ3) is 3.19. The molecule has 2 heterocycles. The predicted molar refractivity (Wildman–Crippen MR) is 133 cm³/mol. The first-order valence-electron chi connectivity index (χ1n) is 11.6. The molecule has 3 heteroatoms. The van der Waals surface area contributed by atoms with E-state index in [1.807, 2.05) is 19.2 Å². The standard InChI is InChI=1S/C29H29FN2/c1-5-6-7-11-21-12-15-25-23(16-21)28-20(4)24(30)14-13-22(28)29-31-17-26(32(25)29)27-18(2)9-8-10-19(27)3/h8-10,12-17H,5-7,11H2,1-4H3. The Morgan fingerprint density at radius 1 is 0.906 bits per heavy atom. The number of hydrogen-bond donors (Lipinski definition) is 0. The lowest BCUT2D eigenvalue weighted by molar-refractivity contribution is 0.621. The van der Waals surface area contributed by atoms with E-state index in [-0.39, 0.29) is 5.82 Å². The molecule has 5 aromatic rings. The summed E-state index contributed by atoms with van der Waals surface area (Å²) in [6.07, 6.45) is 6.62. The summed E-state index contributed by atoms with van der Waals surface area (Å²) in [6, 6.07) is 16.6. The highest BCUT2D eigenvalue weighted by atomic mass is 19.1. The summed E-state index contributed by atoms with van der Waals surface area (Å²) in [5, 5.41) is 3.08. The van der Waals surface area contributed by atoms with Gasteiger partial charge >= 0.3 is 0 Å². The number of nitrogens with zero attached hydrogens (tertiary/aromatic N) is 2. The number of pyridine rings is 1. The fraction of sp³-hybridized carbons (Fsp3) is 0.276. The molecule has 32 heavy (non-hydrogen) atoms. The maximum Gasteiger partial charge on any atom is 0.145 e. The molecule has 0 unspecified atom stereocenters. The molecule has 0 aliphatic rings. The van der Waals surface area contributed by atoms with Crippen molar-refractivity contribution in [3.05, 3.63) is 82.8 Å². The number of halogens is 1. The maximum absolute atomic E-state index is 14.7. The second-order valence-corrected chi connectivity index (χ2v) is 8.97. The van der Waals surface area contributed by atoms with Crippen molar-refractivity contribution in [2.75, 3.05) is 0 Å². The Morgan fingerprint density at radius 2 is 1.69 bits per heavy atom. The van der Waals surface area contributed by atoms with Crippen molar-refractivity contribution in [3.8, 4) is 11.3 Å². The lowest BCUT2D eigenvalue weighted by Gasteiger charge is -2.16. The molecular weight excluding hydrogens is 395 g/mol. The molecule has 0 atom stereocenters. The molecule has 0 spiro atoms. The average Bonchev–Trinajstić information content (AvgIpc) is 3.21. The lowest BCUT2D eigenvalue weighted by atomic mass is 9.97. The first kappa shape index (κ1) is 20.7. The minimum Gasteiger partial charge on any atom is -0.292 e. The summed E-state index contributed by atoms with van der Waals surface area (Å²) >= 11 is 0. The summed E-state index contributed by atoms with van der Waals surface area (Å²) < 4.78 is 16.9. The number of hydrogen-bond acceptors (Lipinski definition) is 1. The van der Waals surface area contributed by atoms with Gasteiger partial charge in [0.05, 0.1) is 17.4 Å². The van der Waals surface area contributed by atoms with Gasteiger partial charge in [-0.25, -0.2) is 9.37 Å². The van der Waals surface area contributed by atoms with E-state index >= 15 is 0 Å². The quantitative estimate of drug-likeness (QED) is 0.206. The van der Waals surface area contributed by atoms with Gasteiger partial charge in [0.25, 0.3) is 0 Å². The number of aromatic nitrogens is 2. The van der Waals surface area contributed by atoms with Crippen LogP contribution in [0.5, 0.6) is 0 Å². The maximum atomic E-state index is 14.7. The van der Waals surface area contributed by atoms with E-state index in [0.29, 0.717) is 5.56 Å². The van der Waals surface area contributed by atoms with E-state index in [1.54, 1.807) is 6.07 Å². The third-order valence-corrected chi connectivity index (χ3v) is 6.78. The molecule has 2 nitrogen and oxygen atoms in total. The zero-order chi connectivity index (χ0) is 22.4. The molecular formula is C29H29FN2. The molecule has 0 aliphatic heterocycles. The van der Waals surface area contributed by atoms with Crippen LogP contribution < -0.4 is 0 Å². The first-order chi connectivity index (χ1) is 15.5. The second kappa shape index (κ2) is 8.05. The van der Waals surface area contributed by atoms with Gasteiger partial charge in [0, 0.05) is 21.7 Å². The van der Waals surface area contributed by atoms with Crippen molar-refractivity contribution >= 4 is 27.3 Å². The van der Waals surface area contributed by atoms with Gasteiger partial charge in [-0.3, -0.25) is 4.40 Å². The number of rotatable bonds is 5. The van der Waals surface area contributed by atoms with E-state index in [4.69, 9.17) is 4.98 Å². The Bertz CT molecular complexity index is 1460. The highest BCUT2D eigenvalue weighted by molar-refractivity contribution is 6.14. The highest BCUT2D eigenvalue weighted by Gasteiger charge is 2.19. The SMILES string of the molecule is CCCCCc1ccc2c(c1)c1c(C)c(F)ccc1c1ncc(-c3c(C)cccc3C)n21. The number of imidazole rings is 1. The van der Waals surface area contributed by atoms with Crippen molar-refractivity contribution in [2.45, 2.75) is 53.4 Å². The largest absolute Gasteiger partial charge is 0.292 e. The van der Waals surface area contributed by atoms with Crippen molar-refractivity contribution in [1.82, 2.24) is 9.38 Å². The van der Waals surface area contributed by atoms with E-state index in [9.17, 15) is 4.39 Å². The number of fused-ring (bicyclic) bond motifs is 6. The van der Waals surface area contributed by atoms with Crippen LogP contribution in [0.4, 0.5) is 4.39 Å². The monoisotopic (exact) mass is 424 g/mol. The lowest BCUT2D eigenvalue weighted by Crippen LogP contribution is -1.99. The van der Waals surface area contributed by atoms with Gasteiger partial charge in [0.15, 0.2) is 0 Å². The molecule has 3 aromatic carbocycles. The molecule has 162 valence electrons. The fourth-order valence-corrected chi connectivity index (χ4v) is 5.11. The Labute approximate surface area is 188 Å². The first-order valence-corrected chi connectivity index (χ1v) is 11.6. The van der Waals surface area contributed by atoms with Crippen LogP contribution in [0.3, 0.4) is 0 Å². The summed E-state index contributed by atoms with van der Waals surface area (Å²) in [6.45, 7) is 8.41. The molecule has 5 rings (SSSR count). The number of benzene rings is 3. The van der Waals surface area contributed by atoms with Crippen LogP contribution in [0.2, 0.25) is 0 Å². The number of unbranched alkanes of at least 4 members (excludes halogenated alkanes) is 2. The Balaban J connectivity index is 1.90. The van der Waals surface area contributed by atoms with Crippen LogP contribution in [0.1, 0.15) is 48.4 Å². The third-order valence-electron chi connectivity index (χ3n) is 6.78. The van der Waals surface area contributed by atoms with Gasteiger partial charge in [-0.2, -0.15) is 0 Å². The van der Waals surface area contributed by atoms with Crippen molar-refractivity contribution < 1.29 is 4.39 Å². The van der Waals surface area contributed by atoms with Gasteiger partial charge in [-0.1, -0.05) is 44.0 Å². The summed E-state index contributed by atoms with van der Waals surface area (Å²) in [7, 11) is 0. The van der Waals surface area contributed by atoms with Crippen LogP contribution in [-0.2, 0) is 6.42 Å². The Hall–Kier alpha value is -3.20. The highest BCUT2D eigenvalue weighted by Crippen LogP contribution is 2.37. The number of aryl methyl sites for hydroxylation is 4. The Morgan fingerprint density at radius 3 is 2.44 bits per heavy atom. The predicted octanol–water partition coefficient (Wildman–Crippen LogP) is 8.10. The minimum absolute atomic E-state index is 0.166. The molecule has 0 N–H and O–H groups in total. The molecule has 0 saturated heterocycles. The second-order valence-electron chi connectivity index (χ2n) is 8.97. The van der Waals surface area contributed by atoms with Gasteiger partial charge < -0.3 is 0 Å². The molecule has 0 saturated carbocycles. The van der Waals surface area contributed by atoms with Gasteiger partial charge in [-0.05, 0) is 80.1 Å². The molecule has 0 fully saturated rings. The molecule has 0 amide bonds. The average molecular weight is 425 g/mol. The smallest absolute Gasteiger partial charge is 0.145 e. The van der Waals surface area contributed by atoms with Crippen molar-refractivity contribution in [3.63, 3.8) is 0 Å². The zero-order valence-electron chi connectivity index (χ0n) is 19.3.